The lowest BCUT2D eigenvalue weighted by atomic mass is 9.84. The van der Waals surface area contributed by atoms with Crippen molar-refractivity contribution in [1.82, 2.24) is 5.32 Å². The Balaban J connectivity index is 2.01. The molecule has 0 bridgehead atoms. The molecule has 1 aliphatic rings. The van der Waals surface area contributed by atoms with E-state index >= 15 is 0 Å². The van der Waals surface area contributed by atoms with E-state index < -0.39 is 0 Å². The number of hydrogen-bond acceptors (Lipinski definition) is 3. The van der Waals surface area contributed by atoms with Gasteiger partial charge in [0.15, 0.2) is 0 Å². The van der Waals surface area contributed by atoms with Gasteiger partial charge in [-0.1, -0.05) is 26.2 Å². The number of carbonyl (C=O) groups excluding carboxylic acids is 1. The van der Waals surface area contributed by atoms with Crippen LogP contribution in [0, 0.1) is 5.92 Å². The van der Waals surface area contributed by atoms with Crippen molar-refractivity contribution < 1.29 is 9.53 Å². The van der Waals surface area contributed by atoms with Gasteiger partial charge in [0.25, 0.3) is 5.91 Å². The number of rotatable bonds is 4. The Bertz CT molecular complexity index is 474. The fraction of sp³-hybridized carbons (Fsp3) is 0.562. The number of nitrogen functional groups attached to an aromatic ring is 1. The monoisotopic (exact) mass is 276 g/mol. The van der Waals surface area contributed by atoms with E-state index in [2.05, 4.69) is 12.2 Å². The number of benzene rings is 1. The topological polar surface area (TPSA) is 64.3 Å². The van der Waals surface area contributed by atoms with Crippen LogP contribution >= 0.6 is 0 Å². The Morgan fingerprint density at radius 3 is 2.90 bits per heavy atom. The van der Waals surface area contributed by atoms with Gasteiger partial charge in [0.05, 0.1) is 12.7 Å². The first-order valence-electron chi connectivity index (χ1n) is 7.38. The molecule has 0 radical (unpaired) electrons. The van der Waals surface area contributed by atoms with Crippen LogP contribution in [0.2, 0.25) is 0 Å². The first kappa shape index (κ1) is 14.7. The van der Waals surface area contributed by atoms with Crippen LogP contribution < -0.4 is 15.8 Å². The van der Waals surface area contributed by atoms with Crippen molar-refractivity contribution in [2.45, 2.75) is 45.1 Å². The Kier molecular flexibility index (Phi) is 4.88. The summed E-state index contributed by atoms with van der Waals surface area (Å²) in [6.07, 6.45) is 5.82. The Labute approximate surface area is 120 Å². The Hall–Kier alpha value is -1.71. The average Bonchev–Trinajstić information content (AvgIpc) is 2.47. The van der Waals surface area contributed by atoms with Gasteiger partial charge in [-0.15, -0.1) is 0 Å². The van der Waals surface area contributed by atoms with Gasteiger partial charge in [0.1, 0.15) is 5.75 Å². The fourth-order valence-electron chi connectivity index (χ4n) is 2.93. The van der Waals surface area contributed by atoms with Gasteiger partial charge in [-0.25, -0.2) is 0 Å². The van der Waals surface area contributed by atoms with Gasteiger partial charge in [-0.2, -0.15) is 0 Å². The predicted molar refractivity (Wildman–Crippen MR) is 80.9 cm³/mol. The van der Waals surface area contributed by atoms with Crippen molar-refractivity contribution in [2.24, 2.45) is 5.92 Å². The lowest BCUT2D eigenvalue weighted by Crippen LogP contribution is -2.38. The predicted octanol–water partition coefficient (Wildman–Crippen LogP) is 2.98. The lowest BCUT2D eigenvalue weighted by molar-refractivity contribution is 0.0920. The van der Waals surface area contributed by atoms with Crippen molar-refractivity contribution >= 4 is 11.6 Å². The van der Waals surface area contributed by atoms with Crippen LogP contribution in [0.5, 0.6) is 5.75 Å². The molecule has 0 saturated heterocycles. The summed E-state index contributed by atoms with van der Waals surface area (Å²) < 4.78 is 5.10. The molecule has 20 heavy (non-hydrogen) atoms. The average molecular weight is 276 g/mol. The van der Waals surface area contributed by atoms with E-state index in [1.807, 2.05) is 0 Å². The minimum absolute atomic E-state index is 0.0769. The van der Waals surface area contributed by atoms with Gasteiger partial charge >= 0.3 is 0 Å². The van der Waals surface area contributed by atoms with Crippen LogP contribution in [0.4, 0.5) is 5.69 Å². The van der Waals surface area contributed by atoms with E-state index in [-0.39, 0.29) is 11.9 Å². The Morgan fingerprint density at radius 1 is 1.45 bits per heavy atom. The summed E-state index contributed by atoms with van der Waals surface area (Å²) in [4.78, 5) is 12.3. The molecular formula is C16H24N2O2. The third kappa shape index (κ3) is 3.44. The summed E-state index contributed by atoms with van der Waals surface area (Å²) in [5.41, 5.74) is 6.91. The maximum Gasteiger partial charge on any atom is 0.253 e. The van der Waals surface area contributed by atoms with E-state index in [0.717, 1.165) is 18.8 Å². The van der Waals surface area contributed by atoms with Crippen LogP contribution in [0.25, 0.3) is 0 Å². The van der Waals surface area contributed by atoms with Gasteiger partial charge in [-0.3, -0.25) is 4.79 Å². The number of ether oxygens (including phenoxy) is 1. The summed E-state index contributed by atoms with van der Waals surface area (Å²) in [6.45, 7) is 2.22. The quantitative estimate of drug-likeness (QED) is 0.831. The van der Waals surface area contributed by atoms with Crippen LogP contribution in [0.15, 0.2) is 18.2 Å². The zero-order chi connectivity index (χ0) is 14.5. The van der Waals surface area contributed by atoms with E-state index in [9.17, 15) is 4.79 Å². The third-order valence-corrected chi connectivity index (χ3v) is 4.20. The highest BCUT2D eigenvalue weighted by Gasteiger charge is 2.23. The van der Waals surface area contributed by atoms with E-state index in [1.165, 1.54) is 19.3 Å². The van der Waals surface area contributed by atoms with Crippen LogP contribution in [-0.4, -0.2) is 19.1 Å². The molecule has 0 heterocycles. The summed E-state index contributed by atoms with van der Waals surface area (Å²) in [5.74, 6) is 1.33. The number of carbonyl (C=O) groups is 1. The molecule has 4 nitrogen and oxygen atoms in total. The molecule has 1 aromatic carbocycles. The summed E-state index contributed by atoms with van der Waals surface area (Å²) in [7, 11) is 1.58. The zero-order valence-electron chi connectivity index (χ0n) is 12.3. The lowest BCUT2D eigenvalue weighted by Gasteiger charge is -2.29. The second kappa shape index (κ2) is 6.64. The van der Waals surface area contributed by atoms with Crippen molar-refractivity contribution in [2.75, 3.05) is 12.8 Å². The van der Waals surface area contributed by atoms with Crippen LogP contribution in [-0.2, 0) is 0 Å². The molecule has 110 valence electrons. The Morgan fingerprint density at radius 2 is 2.25 bits per heavy atom. The molecule has 0 aliphatic heterocycles. The molecule has 0 spiro atoms. The van der Waals surface area contributed by atoms with Crippen LogP contribution in [0.3, 0.4) is 0 Å². The number of nitrogens with two attached hydrogens (primary N) is 1. The highest BCUT2D eigenvalue weighted by molar-refractivity contribution is 5.99. The molecule has 1 saturated carbocycles. The first-order valence-corrected chi connectivity index (χ1v) is 7.38. The summed E-state index contributed by atoms with van der Waals surface area (Å²) in [6, 6.07) is 5.46. The standard InChI is InChI=1S/C16H24N2O2/c1-3-11-5-4-6-12(9-11)18-16(19)14-8-7-13(20-2)10-15(14)17/h7-8,10-12H,3-6,9,17H2,1-2H3,(H,18,19). The largest absolute Gasteiger partial charge is 0.497 e. The highest BCUT2D eigenvalue weighted by Crippen LogP contribution is 2.27. The minimum Gasteiger partial charge on any atom is -0.497 e. The van der Waals surface area contributed by atoms with E-state index in [4.69, 9.17) is 10.5 Å². The number of amides is 1. The summed E-state index contributed by atoms with van der Waals surface area (Å²) >= 11 is 0. The number of anilines is 1. The molecule has 1 fully saturated rings. The van der Waals surface area contributed by atoms with E-state index in [0.29, 0.717) is 17.0 Å². The van der Waals surface area contributed by atoms with Crippen molar-refractivity contribution in [1.29, 1.82) is 0 Å². The van der Waals surface area contributed by atoms with Crippen LogP contribution in [0.1, 0.15) is 49.4 Å². The van der Waals surface area contributed by atoms with Crippen molar-refractivity contribution in [3.63, 3.8) is 0 Å². The minimum atomic E-state index is -0.0769. The normalized spacial score (nSPS) is 22.3. The van der Waals surface area contributed by atoms with Gasteiger partial charge < -0.3 is 15.8 Å². The molecular weight excluding hydrogens is 252 g/mol. The molecule has 1 amide bonds. The molecule has 2 atom stereocenters. The molecule has 0 aromatic heterocycles. The molecule has 3 N–H and O–H groups in total. The molecule has 1 aliphatic carbocycles. The van der Waals surface area contributed by atoms with E-state index in [1.54, 1.807) is 25.3 Å². The molecule has 4 heteroatoms. The number of methoxy groups -OCH3 is 1. The second-order valence-corrected chi connectivity index (χ2v) is 5.56. The molecule has 1 aromatic rings. The summed E-state index contributed by atoms with van der Waals surface area (Å²) in [5, 5.41) is 3.12. The zero-order valence-corrected chi connectivity index (χ0v) is 12.3. The van der Waals surface area contributed by atoms with Crippen molar-refractivity contribution in [3.8, 4) is 5.75 Å². The van der Waals surface area contributed by atoms with Gasteiger partial charge in [0, 0.05) is 17.8 Å². The second-order valence-electron chi connectivity index (χ2n) is 5.56. The maximum absolute atomic E-state index is 12.3. The maximum atomic E-state index is 12.3. The molecule has 2 rings (SSSR count). The highest BCUT2D eigenvalue weighted by atomic mass is 16.5. The van der Waals surface area contributed by atoms with Crippen molar-refractivity contribution in [3.05, 3.63) is 23.8 Å². The SMILES string of the molecule is CCC1CCCC(NC(=O)c2ccc(OC)cc2N)C1. The number of hydrogen-bond donors (Lipinski definition) is 2. The third-order valence-electron chi connectivity index (χ3n) is 4.20. The fourth-order valence-corrected chi connectivity index (χ4v) is 2.93. The number of nitrogens with one attached hydrogen (secondary N) is 1. The van der Waals surface area contributed by atoms with Gasteiger partial charge in [0.2, 0.25) is 0 Å². The smallest absolute Gasteiger partial charge is 0.253 e. The van der Waals surface area contributed by atoms with Gasteiger partial charge in [-0.05, 0) is 30.9 Å². The molecule has 2 unspecified atom stereocenters. The first-order chi connectivity index (χ1) is 9.63.